The number of halogens is 1. The Hall–Kier alpha value is -2.49. The van der Waals surface area contributed by atoms with E-state index >= 15 is 0 Å². The molecule has 0 radical (unpaired) electrons. The largest absolute Gasteiger partial charge is 0.248 e. The molecule has 0 saturated carbocycles. The molecule has 0 bridgehead atoms. The van der Waals surface area contributed by atoms with Crippen molar-refractivity contribution in [3.63, 3.8) is 0 Å². The Balaban J connectivity index is 1.66. The summed E-state index contributed by atoms with van der Waals surface area (Å²) in [5, 5.41) is 8.46. The zero-order valence-electron chi connectivity index (χ0n) is 12.5. The third-order valence-electron chi connectivity index (χ3n) is 3.70. The van der Waals surface area contributed by atoms with Gasteiger partial charge in [-0.3, -0.25) is 0 Å². The summed E-state index contributed by atoms with van der Waals surface area (Å²) in [6, 6.07) is 16.8. The van der Waals surface area contributed by atoms with Crippen LogP contribution in [0, 0.1) is 5.82 Å². The Morgan fingerprint density at radius 2 is 1.73 bits per heavy atom. The van der Waals surface area contributed by atoms with Crippen LogP contribution >= 0.6 is 0 Å². The fourth-order valence-corrected chi connectivity index (χ4v) is 2.47. The van der Waals surface area contributed by atoms with Crippen molar-refractivity contribution in [2.75, 3.05) is 0 Å². The molecule has 1 heterocycles. The molecule has 1 unspecified atom stereocenters. The maximum absolute atomic E-state index is 12.9. The van der Waals surface area contributed by atoms with Crippen LogP contribution in [0.3, 0.4) is 0 Å². The zero-order valence-corrected chi connectivity index (χ0v) is 12.5. The third-order valence-corrected chi connectivity index (χ3v) is 3.70. The number of nitrogens with zero attached hydrogens (tertiary/aromatic N) is 3. The van der Waals surface area contributed by atoms with Gasteiger partial charge in [0.2, 0.25) is 0 Å². The van der Waals surface area contributed by atoms with E-state index in [4.69, 9.17) is 0 Å². The van der Waals surface area contributed by atoms with Crippen molar-refractivity contribution in [3.05, 3.63) is 83.4 Å². The average molecular weight is 295 g/mol. The lowest BCUT2D eigenvalue weighted by Gasteiger charge is -2.07. The van der Waals surface area contributed by atoms with Crippen LogP contribution in [0.25, 0.3) is 0 Å². The van der Waals surface area contributed by atoms with E-state index in [-0.39, 0.29) is 11.7 Å². The minimum Gasteiger partial charge on any atom is -0.248 e. The summed E-state index contributed by atoms with van der Waals surface area (Å²) in [4.78, 5) is 0. The van der Waals surface area contributed by atoms with Crippen molar-refractivity contribution in [1.82, 2.24) is 15.0 Å². The van der Waals surface area contributed by atoms with Gasteiger partial charge in [-0.05, 0) is 29.7 Å². The van der Waals surface area contributed by atoms with Crippen LogP contribution < -0.4 is 0 Å². The van der Waals surface area contributed by atoms with Crippen LogP contribution in [-0.4, -0.2) is 15.0 Å². The number of aromatic nitrogens is 3. The van der Waals surface area contributed by atoms with Gasteiger partial charge in [-0.1, -0.05) is 54.6 Å². The topological polar surface area (TPSA) is 30.7 Å². The van der Waals surface area contributed by atoms with E-state index in [1.165, 1.54) is 17.7 Å². The molecule has 0 N–H and O–H groups in total. The highest BCUT2D eigenvalue weighted by molar-refractivity contribution is 5.19. The molecular formula is C18H18FN3. The third kappa shape index (κ3) is 3.58. The molecule has 3 nitrogen and oxygen atoms in total. The number of benzene rings is 2. The van der Waals surface area contributed by atoms with Gasteiger partial charge in [-0.2, -0.15) is 0 Å². The molecule has 22 heavy (non-hydrogen) atoms. The fraction of sp³-hybridized carbons (Fsp3) is 0.222. The molecular weight excluding hydrogens is 277 g/mol. The van der Waals surface area contributed by atoms with Crippen LogP contribution in [0.1, 0.15) is 29.7 Å². The van der Waals surface area contributed by atoms with Crippen molar-refractivity contribution in [2.24, 2.45) is 0 Å². The molecule has 1 atom stereocenters. The quantitative estimate of drug-likeness (QED) is 0.716. The molecule has 2 aromatic carbocycles. The normalized spacial score (nSPS) is 12.3. The molecule has 0 spiro atoms. The van der Waals surface area contributed by atoms with Gasteiger partial charge in [0.05, 0.1) is 12.2 Å². The fourth-order valence-electron chi connectivity index (χ4n) is 2.47. The summed E-state index contributed by atoms with van der Waals surface area (Å²) in [7, 11) is 0. The number of hydrogen-bond donors (Lipinski definition) is 0. The van der Waals surface area contributed by atoms with Crippen molar-refractivity contribution in [2.45, 2.75) is 25.8 Å². The molecule has 4 heteroatoms. The van der Waals surface area contributed by atoms with E-state index in [1.54, 1.807) is 0 Å². The standard InChI is InChI=1S/C18H18FN3/c1-14(11-15-7-9-17(19)10-8-15)18-13-22(21-20-18)12-16-5-3-2-4-6-16/h2-10,13-14H,11-12H2,1H3. The summed E-state index contributed by atoms with van der Waals surface area (Å²) in [6.07, 6.45) is 2.81. The van der Waals surface area contributed by atoms with Crippen LogP contribution in [-0.2, 0) is 13.0 Å². The zero-order chi connectivity index (χ0) is 15.4. The van der Waals surface area contributed by atoms with Crippen molar-refractivity contribution in [1.29, 1.82) is 0 Å². The van der Waals surface area contributed by atoms with Crippen molar-refractivity contribution >= 4 is 0 Å². The van der Waals surface area contributed by atoms with Gasteiger partial charge in [-0.25, -0.2) is 9.07 Å². The Bertz CT molecular complexity index is 720. The van der Waals surface area contributed by atoms with Crippen molar-refractivity contribution in [3.8, 4) is 0 Å². The molecule has 0 aliphatic heterocycles. The summed E-state index contributed by atoms with van der Waals surface area (Å²) >= 11 is 0. The van der Waals surface area contributed by atoms with E-state index in [2.05, 4.69) is 29.4 Å². The number of hydrogen-bond acceptors (Lipinski definition) is 2. The van der Waals surface area contributed by atoms with Gasteiger partial charge in [-0.15, -0.1) is 5.10 Å². The van der Waals surface area contributed by atoms with Crippen LogP contribution in [0.4, 0.5) is 4.39 Å². The van der Waals surface area contributed by atoms with Gasteiger partial charge >= 0.3 is 0 Å². The van der Waals surface area contributed by atoms with Crippen molar-refractivity contribution < 1.29 is 4.39 Å². The summed E-state index contributed by atoms with van der Waals surface area (Å²) in [5.74, 6) is 0.0418. The van der Waals surface area contributed by atoms with Crippen LogP contribution in [0.2, 0.25) is 0 Å². The minimum absolute atomic E-state index is 0.204. The second kappa shape index (κ2) is 6.52. The SMILES string of the molecule is CC(Cc1ccc(F)cc1)c1cn(Cc2ccccc2)nn1. The summed E-state index contributed by atoms with van der Waals surface area (Å²) in [5.41, 5.74) is 3.26. The second-order valence-corrected chi connectivity index (χ2v) is 5.56. The van der Waals surface area contributed by atoms with E-state index in [0.29, 0.717) is 0 Å². The van der Waals surface area contributed by atoms with Gasteiger partial charge in [0.25, 0.3) is 0 Å². The molecule has 112 valence electrons. The van der Waals surface area contributed by atoms with E-state index in [9.17, 15) is 4.39 Å². The predicted molar refractivity (Wildman–Crippen MR) is 84.1 cm³/mol. The lowest BCUT2D eigenvalue weighted by atomic mass is 9.99. The maximum Gasteiger partial charge on any atom is 0.123 e. The van der Waals surface area contributed by atoms with E-state index in [1.807, 2.05) is 41.2 Å². The Labute approximate surface area is 129 Å². The molecule has 3 rings (SSSR count). The lowest BCUT2D eigenvalue weighted by Crippen LogP contribution is -2.00. The van der Waals surface area contributed by atoms with E-state index < -0.39 is 0 Å². The monoisotopic (exact) mass is 295 g/mol. The first-order valence-electron chi connectivity index (χ1n) is 7.39. The molecule has 0 fully saturated rings. The minimum atomic E-state index is -0.204. The predicted octanol–water partition coefficient (Wildman–Crippen LogP) is 3.81. The molecule has 0 amide bonds. The highest BCUT2D eigenvalue weighted by Crippen LogP contribution is 2.18. The van der Waals surface area contributed by atoms with Gasteiger partial charge in [0.15, 0.2) is 0 Å². The van der Waals surface area contributed by atoms with Crippen LogP contribution in [0.15, 0.2) is 60.8 Å². The first kappa shape index (κ1) is 14.4. The van der Waals surface area contributed by atoms with Crippen LogP contribution in [0.5, 0.6) is 0 Å². The Kier molecular flexibility index (Phi) is 4.28. The first-order valence-corrected chi connectivity index (χ1v) is 7.39. The summed E-state index contributed by atoms with van der Waals surface area (Å²) < 4.78 is 14.8. The maximum atomic E-state index is 12.9. The van der Waals surface area contributed by atoms with Gasteiger partial charge in [0.1, 0.15) is 5.82 Å². The summed E-state index contributed by atoms with van der Waals surface area (Å²) in [6.45, 7) is 2.83. The molecule has 0 aliphatic carbocycles. The van der Waals surface area contributed by atoms with Gasteiger partial charge in [0, 0.05) is 12.1 Å². The van der Waals surface area contributed by atoms with E-state index in [0.717, 1.165) is 24.2 Å². The lowest BCUT2D eigenvalue weighted by molar-refractivity contribution is 0.625. The molecule has 1 aromatic heterocycles. The molecule has 0 aliphatic rings. The average Bonchev–Trinajstić information content (AvgIpc) is 2.99. The highest BCUT2D eigenvalue weighted by atomic mass is 19.1. The Morgan fingerprint density at radius 1 is 1.00 bits per heavy atom. The first-order chi connectivity index (χ1) is 10.7. The smallest absolute Gasteiger partial charge is 0.123 e. The molecule has 3 aromatic rings. The highest BCUT2D eigenvalue weighted by Gasteiger charge is 2.11. The molecule has 0 saturated heterocycles. The van der Waals surface area contributed by atoms with Gasteiger partial charge < -0.3 is 0 Å². The second-order valence-electron chi connectivity index (χ2n) is 5.56. The number of rotatable bonds is 5. The Morgan fingerprint density at radius 3 is 2.45 bits per heavy atom.